The fourth-order valence-electron chi connectivity index (χ4n) is 0.953. The SMILES string of the molecule is O=S(=O)=C1C=CC=CC1B(O)O. The summed E-state index contributed by atoms with van der Waals surface area (Å²) in [5.41, 5.74) is 0. The molecule has 0 aromatic carbocycles. The van der Waals surface area contributed by atoms with Gasteiger partial charge in [-0.05, 0) is 6.08 Å². The number of allylic oxidation sites excluding steroid dienone is 4. The molecule has 1 unspecified atom stereocenters. The van der Waals surface area contributed by atoms with Crippen LogP contribution < -0.4 is 0 Å². The maximum absolute atomic E-state index is 10.5. The molecule has 1 aliphatic rings. The zero-order valence-electron chi connectivity index (χ0n) is 6.08. The van der Waals surface area contributed by atoms with Crippen molar-refractivity contribution in [3.63, 3.8) is 0 Å². The van der Waals surface area contributed by atoms with Gasteiger partial charge in [0.1, 0.15) is 0 Å². The highest BCUT2D eigenvalue weighted by molar-refractivity contribution is 7.73. The zero-order chi connectivity index (χ0) is 9.14. The van der Waals surface area contributed by atoms with Crippen LogP contribution in [-0.2, 0) is 10.3 Å². The lowest BCUT2D eigenvalue weighted by molar-refractivity contribution is 0.405. The van der Waals surface area contributed by atoms with Crippen LogP contribution in [-0.4, -0.2) is 30.4 Å². The fraction of sp³-hybridized carbons (Fsp3) is 0.167. The summed E-state index contributed by atoms with van der Waals surface area (Å²) in [4.78, 5) is -0.00694. The molecule has 1 aliphatic carbocycles. The van der Waals surface area contributed by atoms with E-state index in [0.29, 0.717) is 0 Å². The van der Waals surface area contributed by atoms with Crippen LogP contribution in [0.3, 0.4) is 0 Å². The van der Waals surface area contributed by atoms with E-state index in [1.54, 1.807) is 6.08 Å². The molecule has 4 nitrogen and oxygen atoms in total. The van der Waals surface area contributed by atoms with Crippen LogP contribution >= 0.6 is 0 Å². The third-order valence-electron chi connectivity index (χ3n) is 1.53. The van der Waals surface area contributed by atoms with Crippen LogP contribution in [0.15, 0.2) is 24.3 Å². The van der Waals surface area contributed by atoms with Gasteiger partial charge in [0.2, 0.25) is 10.3 Å². The van der Waals surface area contributed by atoms with E-state index in [9.17, 15) is 8.42 Å². The van der Waals surface area contributed by atoms with Crippen LogP contribution in [0.5, 0.6) is 0 Å². The van der Waals surface area contributed by atoms with E-state index >= 15 is 0 Å². The molecule has 0 saturated heterocycles. The van der Waals surface area contributed by atoms with Crippen molar-refractivity contribution in [3.05, 3.63) is 24.3 Å². The summed E-state index contributed by atoms with van der Waals surface area (Å²) in [6, 6.07) is 0. The summed E-state index contributed by atoms with van der Waals surface area (Å²) in [7, 11) is -4.06. The minimum Gasteiger partial charge on any atom is -0.426 e. The highest BCUT2D eigenvalue weighted by Gasteiger charge is 2.26. The molecular weight excluding hydrogens is 179 g/mol. The van der Waals surface area contributed by atoms with Crippen molar-refractivity contribution in [1.82, 2.24) is 0 Å². The standard InChI is InChI=1S/C6H7BO4S/c8-7(9)5-3-1-2-4-6(5)12(10)11/h1-5,8-9H. The largest absolute Gasteiger partial charge is 0.464 e. The Labute approximate surface area is 71.5 Å². The van der Waals surface area contributed by atoms with Gasteiger partial charge in [-0.1, -0.05) is 18.2 Å². The van der Waals surface area contributed by atoms with Gasteiger partial charge >= 0.3 is 7.12 Å². The molecule has 0 aromatic rings. The molecule has 0 heterocycles. The molecule has 0 aliphatic heterocycles. The summed E-state index contributed by atoms with van der Waals surface area (Å²) in [6.45, 7) is 0. The lowest BCUT2D eigenvalue weighted by atomic mass is 9.69. The highest BCUT2D eigenvalue weighted by atomic mass is 32.2. The van der Waals surface area contributed by atoms with E-state index in [2.05, 4.69) is 0 Å². The van der Waals surface area contributed by atoms with Gasteiger partial charge in [-0.25, -0.2) is 0 Å². The maximum atomic E-state index is 10.5. The maximum Gasteiger partial charge on any atom is 0.464 e. The molecule has 0 saturated carbocycles. The fourth-order valence-corrected chi connectivity index (χ4v) is 1.57. The second-order valence-corrected chi connectivity index (χ2v) is 3.26. The molecule has 1 rings (SSSR count). The minimum atomic E-state index is -2.39. The first-order valence-corrected chi connectivity index (χ1v) is 4.37. The molecule has 0 fully saturated rings. The smallest absolute Gasteiger partial charge is 0.426 e. The summed E-state index contributed by atoms with van der Waals surface area (Å²) in [5, 5.41) is 17.5. The summed E-state index contributed by atoms with van der Waals surface area (Å²) in [6.07, 6.45) is 5.87. The third kappa shape index (κ3) is 1.85. The molecule has 0 amide bonds. The second kappa shape index (κ2) is 3.71. The molecule has 1 atom stereocenters. The lowest BCUT2D eigenvalue weighted by Gasteiger charge is -2.10. The van der Waals surface area contributed by atoms with E-state index < -0.39 is 23.2 Å². The monoisotopic (exact) mass is 186 g/mol. The molecule has 2 N–H and O–H groups in total. The van der Waals surface area contributed by atoms with E-state index in [4.69, 9.17) is 10.0 Å². The van der Waals surface area contributed by atoms with Gasteiger partial charge < -0.3 is 10.0 Å². The van der Waals surface area contributed by atoms with Crippen LogP contribution in [0.1, 0.15) is 0 Å². The van der Waals surface area contributed by atoms with Gasteiger partial charge in [0.05, 0.1) is 10.7 Å². The van der Waals surface area contributed by atoms with E-state index in [1.165, 1.54) is 18.2 Å². The van der Waals surface area contributed by atoms with Gasteiger partial charge in [0.25, 0.3) is 0 Å². The Morgan fingerprint density at radius 1 is 1.33 bits per heavy atom. The summed E-state index contributed by atoms with van der Waals surface area (Å²) >= 11 is 0. The van der Waals surface area contributed by atoms with Crippen LogP contribution in [0.25, 0.3) is 0 Å². The van der Waals surface area contributed by atoms with Gasteiger partial charge in [0.15, 0.2) is 0 Å². The summed E-state index contributed by atoms with van der Waals surface area (Å²) < 4.78 is 21.0. The van der Waals surface area contributed by atoms with Gasteiger partial charge in [-0.3, -0.25) is 0 Å². The number of rotatable bonds is 1. The van der Waals surface area contributed by atoms with E-state index in [0.717, 1.165) is 0 Å². The second-order valence-electron chi connectivity index (χ2n) is 2.32. The summed E-state index contributed by atoms with van der Waals surface area (Å²) in [5.74, 6) is -0.840. The van der Waals surface area contributed by atoms with Crippen LogP contribution in [0.4, 0.5) is 0 Å². The van der Waals surface area contributed by atoms with Crippen molar-refractivity contribution in [3.8, 4) is 0 Å². The minimum absolute atomic E-state index is 0.00694. The Balaban J connectivity index is 3.11. The van der Waals surface area contributed by atoms with Crippen molar-refractivity contribution in [1.29, 1.82) is 0 Å². The van der Waals surface area contributed by atoms with Crippen LogP contribution in [0, 0.1) is 0 Å². The highest BCUT2D eigenvalue weighted by Crippen LogP contribution is 2.15. The topological polar surface area (TPSA) is 74.6 Å². The van der Waals surface area contributed by atoms with E-state index in [-0.39, 0.29) is 4.86 Å². The Morgan fingerprint density at radius 2 is 2.00 bits per heavy atom. The molecule has 0 radical (unpaired) electrons. The first kappa shape index (κ1) is 9.24. The number of hydrogen-bond donors (Lipinski definition) is 2. The zero-order valence-corrected chi connectivity index (χ0v) is 6.90. The molecular formula is C6H7BO4S. The van der Waals surface area contributed by atoms with E-state index in [1.807, 2.05) is 0 Å². The molecule has 0 spiro atoms. The van der Waals surface area contributed by atoms with Gasteiger partial charge in [0, 0.05) is 0 Å². The Morgan fingerprint density at radius 3 is 2.42 bits per heavy atom. The van der Waals surface area contributed by atoms with Gasteiger partial charge in [-0.15, -0.1) is 0 Å². The predicted molar refractivity (Wildman–Crippen MR) is 46.1 cm³/mol. The van der Waals surface area contributed by atoms with Crippen molar-refractivity contribution in [2.75, 3.05) is 0 Å². The van der Waals surface area contributed by atoms with Crippen molar-refractivity contribution in [2.24, 2.45) is 0 Å². The van der Waals surface area contributed by atoms with Crippen molar-refractivity contribution >= 4 is 22.3 Å². The third-order valence-corrected chi connectivity index (χ3v) is 2.33. The Bertz CT molecular complexity index is 344. The quantitative estimate of drug-likeness (QED) is 0.407. The molecule has 12 heavy (non-hydrogen) atoms. The van der Waals surface area contributed by atoms with Crippen molar-refractivity contribution < 1.29 is 18.5 Å². The van der Waals surface area contributed by atoms with Crippen molar-refractivity contribution in [2.45, 2.75) is 5.82 Å². The molecule has 6 heteroatoms. The molecule has 0 aromatic heterocycles. The average Bonchev–Trinajstić information content (AvgIpc) is 2.04. The number of hydrogen-bond acceptors (Lipinski definition) is 4. The lowest BCUT2D eigenvalue weighted by Crippen LogP contribution is -2.26. The first-order chi connectivity index (χ1) is 5.63. The Kier molecular flexibility index (Phi) is 2.85. The van der Waals surface area contributed by atoms with Gasteiger partial charge in [-0.2, -0.15) is 8.42 Å². The first-order valence-electron chi connectivity index (χ1n) is 3.30. The normalized spacial score (nSPS) is 21.2. The van der Waals surface area contributed by atoms with Crippen LogP contribution in [0.2, 0.25) is 5.82 Å². The predicted octanol–water partition coefficient (Wildman–Crippen LogP) is -0.993. The molecule has 64 valence electrons. The Hall–Kier alpha value is -0.845. The average molecular weight is 186 g/mol. The molecule has 0 bridgehead atoms.